The Hall–Kier alpha value is -1.52. The van der Waals surface area contributed by atoms with Crippen LogP contribution in [0.4, 0.5) is 0 Å². The first-order valence-electron chi connectivity index (χ1n) is 5.30. The minimum atomic E-state index is -0.0368. The zero-order chi connectivity index (χ0) is 12.8. The van der Waals surface area contributed by atoms with Gasteiger partial charge in [-0.1, -0.05) is 36.4 Å². The number of rotatable bonds is 3. The lowest BCUT2D eigenvalue weighted by Crippen LogP contribution is -1.98. The molecule has 0 aliphatic rings. The van der Waals surface area contributed by atoms with Crippen molar-refractivity contribution in [3.8, 4) is 0 Å². The Morgan fingerprint density at radius 2 is 0.944 bits per heavy atom. The molecule has 2 rings (SSSR count). The summed E-state index contributed by atoms with van der Waals surface area (Å²) >= 11 is 0. The van der Waals surface area contributed by atoms with Gasteiger partial charge < -0.3 is 0 Å². The standard InChI is InChI=1S/C14H10O2S2/c15-11-7-3-1-5-9-13(11)17-18-14-10-6-2-4-8-12(14)16/h1-10H. The van der Waals surface area contributed by atoms with Gasteiger partial charge in [0.1, 0.15) is 0 Å². The molecular weight excluding hydrogens is 264 g/mol. The molecule has 0 saturated carbocycles. The second kappa shape index (κ2) is 6.42. The molecule has 2 aromatic rings. The predicted octanol–water partition coefficient (Wildman–Crippen LogP) is 3.21. The zero-order valence-corrected chi connectivity index (χ0v) is 11.0. The van der Waals surface area contributed by atoms with Crippen molar-refractivity contribution in [1.82, 2.24) is 0 Å². The second-order valence-corrected chi connectivity index (χ2v) is 5.66. The van der Waals surface area contributed by atoms with Crippen molar-refractivity contribution in [1.29, 1.82) is 0 Å². The Morgan fingerprint density at radius 3 is 1.39 bits per heavy atom. The number of hydrogen-bond acceptors (Lipinski definition) is 4. The summed E-state index contributed by atoms with van der Waals surface area (Å²) < 4.78 is 0. The summed E-state index contributed by atoms with van der Waals surface area (Å²) in [6.07, 6.45) is 0. The molecular formula is C14H10O2S2. The Kier molecular flexibility index (Phi) is 4.61. The highest BCUT2D eigenvalue weighted by molar-refractivity contribution is 8.76. The highest BCUT2D eigenvalue weighted by Gasteiger charge is 2.02. The fourth-order valence-corrected chi connectivity index (χ4v) is 3.37. The summed E-state index contributed by atoms with van der Waals surface area (Å²) in [5.41, 5.74) is -0.0736. The summed E-state index contributed by atoms with van der Waals surface area (Å²) in [7, 11) is 2.61. The Bertz CT molecular complexity index is 598. The van der Waals surface area contributed by atoms with E-state index in [0.717, 1.165) is 0 Å². The SMILES string of the molecule is O=c1cccccc1SSc1cccccc1=O. The van der Waals surface area contributed by atoms with Gasteiger partial charge in [0.15, 0.2) is 10.9 Å². The molecule has 0 saturated heterocycles. The van der Waals surface area contributed by atoms with Gasteiger partial charge in [0, 0.05) is 0 Å². The average molecular weight is 274 g/mol. The van der Waals surface area contributed by atoms with E-state index in [1.165, 1.54) is 33.7 Å². The lowest BCUT2D eigenvalue weighted by molar-refractivity contribution is 1.41. The molecule has 0 atom stereocenters. The summed E-state index contributed by atoms with van der Waals surface area (Å²) in [6, 6.07) is 17.2. The monoisotopic (exact) mass is 274 g/mol. The summed E-state index contributed by atoms with van der Waals surface area (Å²) in [5, 5.41) is 0. The van der Waals surface area contributed by atoms with Gasteiger partial charge in [0.2, 0.25) is 0 Å². The first kappa shape index (κ1) is 12.9. The molecule has 0 unspecified atom stereocenters. The van der Waals surface area contributed by atoms with Crippen molar-refractivity contribution in [3.63, 3.8) is 0 Å². The van der Waals surface area contributed by atoms with Gasteiger partial charge in [0.05, 0.1) is 9.79 Å². The van der Waals surface area contributed by atoms with Gasteiger partial charge in [-0.05, 0) is 45.9 Å². The minimum Gasteiger partial charge on any atom is -0.289 e. The van der Waals surface area contributed by atoms with Crippen molar-refractivity contribution >= 4 is 21.6 Å². The smallest absolute Gasteiger partial charge is 0.193 e. The van der Waals surface area contributed by atoms with Gasteiger partial charge in [-0.3, -0.25) is 9.59 Å². The minimum absolute atomic E-state index is 0.0368. The van der Waals surface area contributed by atoms with Gasteiger partial charge >= 0.3 is 0 Å². The molecule has 18 heavy (non-hydrogen) atoms. The van der Waals surface area contributed by atoms with E-state index in [9.17, 15) is 9.59 Å². The van der Waals surface area contributed by atoms with Crippen LogP contribution < -0.4 is 10.9 Å². The summed E-state index contributed by atoms with van der Waals surface area (Å²) in [6.45, 7) is 0. The third-order valence-electron chi connectivity index (χ3n) is 2.14. The van der Waals surface area contributed by atoms with Crippen LogP contribution in [-0.2, 0) is 0 Å². The van der Waals surface area contributed by atoms with Crippen LogP contribution in [0.3, 0.4) is 0 Å². The Labute approximate surface area is 112 Å². The van der Waals surface area contributed by atoms with E-state index in [-0.39, 0.29) is 10.9 Å². The molecule has 2 aromatic carbocycles. The molecule has 0 fully saturated rings. The van der Waals surface area contributed by atoms with Gasteiger partial charge in [0.25, 0.3) is 0 Å². The van der Waals surface area contributed by atoms with Crippen molar-refractivity contribution in [2.75, 3.05) is 0 Å². The van der Waals surface area contributed by atoms with Crippen molar-refractivity contribution in [2.24, 2.45) is 0 Å². The first-order valence-corrected chi connectivity index (χ1v) is 7.45. The maximum atomic E-state index is 11.7. The molecule has 0 radical (unpaired) electrons. The van der Waals surface area contributed by atoms with E-state index < -0.39 is 0 Å². The van der Waals surface area contributed by atoms with E-state index in [2.05, 4.69) is 0 Å². The van der Waals surface area contributed by atoms with E-state index >= 15 is 0 Å². The second-order valence-electron chi connectivity index (χ2n) is 3.45. The number of hydrogen-bond donors (Lipinski definition) is 0. The zero-order valence-electron chi connectivity index (χ0n) is 9.41. The first-order chi connectivity index (χ1) is 8.77. The van der Waals surface area contributed by atoms with Crippen LogP contribution in [0, 0.1) is 0 Å². The topological polar surface area (TPSA) is 34.1 Å². The summed E-state index contributed by atoms with van der Waals surface area (Å²) in [5.74, 6) is 0. The molecule has 0 spiro atoms. The van der Waals surface area contributed by atoms with Gasteiger partial charge in [-0.15, -0.1) is 0 Å². The molecule has 0 amide bonds. The van der Waals surface area contributed by atoms with Crippen molar-refractivity contribution < 1.29 is 0 Å². The van der Waals surface area contributed by atoms with Crippen LogP contribution in [0.15, 0.2) is 80.0 Å². The summed E-state index contributed by atoms with van der Waals surface area (Å²) in [4.78, 5) is 24.6. The van der Waals surface area contributed by atoms with Gasteiger partial charge in [-0.25, -0.2) is 0 Å². The molecule has 4 heteroatoms. The van der Waals surface area contributed by atoms with Crippen LogP contribution >= 0.6 is 21.6 Å². The maximum Gasteiger partial charge on any atom is 0.193 e. The fraction of sp³-hybridized carbons (Fsp3) is 0. The quantitative estimate of drug-likeness (QED) is 0.805. The van der Waals surface area contributed by atoms with Crippen molar-refractivity contribution in [3.05, 3.63) is 81.1 Å². The highest BCUT2D eigenvalue weighted by atomic mass is 33.1. The normalized spacial score (nSPS) is 10.0. The molecule has 90 valence electrons. The molecule has 0 aliphatic carbocycles. The third-order valence-corrected chi connectivity index (χ3v) is 4.59. The lowest BCUT2D eigenvalue weighted by atomic mass is 10.5. The average Bonchev–Trinajstić information content (AvgIpc) is 2.68. The molecule has 0 aliphatic heterocycles. The van der Waals surface area contributed by atoms with Crippen LogP contribution in [0.1, 0.15) is 0 Å². The van der Waals surface area contributed by atoms with Crippen LogP contribution in [-0.4, -0.2) is 0 Å². The molecule has 0 N–H and O–H groups in total. The van der Waals surface area contributed by atoms with Crippen LogP contribution in [0.25, 0.3) is 0 Å². The molecule has 0 aromatic heterocycles. The maximum absolute atomic E-state index is 11.7. The van der Waals surface area contributed by atoms with Crippen LogP contribution in [0.2, 0.25) is 0 Å². The van der Waals surface area contributed by atoms with E-state index in [1.54, 1.807) is 36.4 Å². The lowest BCUT2D eigenvalue weighted by Gasteiger charge is -1.95. The predicted molar refractivity (Wildman–Crippen MR) is 77.1 cm³/mol. The Morgan fingerprint density at radius 1 is 0.556 bits per heavy atom. The van der Waals surface area contributed by atoms with Gasteiger partial charge in [-0.2, -0.15) is 0 Å². The largest absolute Gasteiger partial charge is 0.289 e. The molecule has 0 heterocycles. The highest BCUT2D eigenvalue weighted by Crippen LogP contribution is 2.33. The van der Waals surface area contributed by atoms with E-state index in [0.29, 0.717) is 9.79 Å². The van der Waals surface area contributed by atoms with E-state index in [4.69, 9.17) is 0 Å². The third kappa shape index (κ3) is 3.48. The Balaban J connectivity index is 2.23. The van der Waals surface area contributed by atoms with Crippen LogP contribution in [0.5, 0.6) is 0 Å². The van der Waals surface area contributed by atoms with Crippen molar-refractivity contribution in [2.45, 2.75) is 9.79 Å². The fourth-order valence-electron chi connectivity index (χ4n) is 1.26. The van der Waals surface area contributed by atoms with E-state index in [1.807, 2.05) is 12.1 Å². The molecule has 2 nitrogen and oxygen atoms in total. The molecule has 0 bridgehead atoms.